The van der Waals surface area contributed by atoms with E-state index in [-0.39, 0.29) is 6.04 Å². The Bertz CT molecular complexity index is 1120. The molecular formula is C22H16Cl2N4. The van der Waals surface area contributed by atoms with E-state index < -0.39 is 0 Å². The highest BCUT2D eigenvalue weighted by Crippen LogP contribution is 2.43. The number of nitrogens with zero attached hydrogens (tertiary/aromatic N) is 3. The maximum atomic E-state index is 6.28. The number of aromatic nitrogens is 3. The van der Waals surface area contributed by atoms with Crippen LogP contribution in [0.4, 0.5) is 0 Å². The fraction of sp³-hybridized carbons (Fsp3) is 0.0909. The van der Waals surface area contributed by atoms with Gasteiger partial charge in [0.25, 0.3) is 0 Å². The standard InChI is InChI=1S/C22H16Cl2N4/c23-14-9-10-21(20(24)11-14)28-13-15(26-27-28)12-25-22-18-7-3-1-5-16(18)17-6-2-4-8-19(17)22/h1-11,13,22,25H,12H2. The number of hydrogen-bond donors (Lipinski definition) is 1. The van der Waals surface area contributed by atoms with E-state index in [1.807, 2.05) is 12.3 Å². The van der Waals surface area contributed by atoms with Crippen LogP contribution in [0.3, 0.4) is 0 Å². The fourth-order valence-electron chi connectivity index (χ4n) is 3.75. The van der Waals surface area contributed by atoms with Gasteiger partial charge in [0.2, 0.25) is 0 Å². The van der Waals surface area contributed by atoms with E-state index >= 15 is 0 Å². The highest BCUT2D eigenvalue weighted by Gasteiger charge is 2.27. The zero-order valence-electron chi connectivity index (χ0n) is 14.8. The molecule has 4 aromatic rings. The molecule has 3 aromatic carbocycles. The summed E-state index contributed by atoms with van der Waals surface area (Å²) in [5.41, 5.74) is 6.74. The third-order valence-corrected chi connectivity index (χ3v) is 5.56. The van der Waals surface area contributed by atoms with Crippen LogP contribution in [0, 0.1) is 0 Å². The molecule has 0 amide bonds. The maximum absolute atomic E-state index is 6.28. The van der Waals surface area contributed by atoms with Crippen molar-refractivity contribution < 1.29 is 0 Å². The largest absolute Gasteiger partial charge is 0.300 e. The number of hydrogen-bond acceptors (Lipinski definition) is 3. The predicted molar refractivity (Wildman–Crippen MR) is 112 cm³/mol. The molecule has 0 fully saturated rings. The van der Waals surface area contributed by atoms with Crippen molar-refractivity contribution >= 4 is 23.2 Å². The SMILES string of the molecule is Clc1ccc(-n2cc(CNC3c4ccccc4-c4ccccc43)nn2)c(Cl)c1. The van der Waals surface area contributed by atoms with Crippen molar-refractivity contribution in [2.45, 2.75) is 12.6 Å². The average molecular weight is 407 g/mol. The second-order valence-corrected chi connectivity index (χ2v) is 7.58. The van der Waals surface area contributed by atoms with Crippen molar-refractivity contribution in [2.24, 2.45) is 0 Å². The first kappa shape index (κ1) is 17.4. The summed E-state index contributed by atoms with van der Waals surface area (Å²) in [7, 11) is 0. The first-order chi connectivity index (χ1) is 13.7. The topological polar surface area (TPSA) is 42.7 Å². The van der Waals surface area contributed by atoms with Crippen molar-refractivity contribution in [1.82, 2.24) is 20.3 Å². The Balaban J connectivity index is 1.40. The van der Waals surface area contributed by atoms with Crippen molar-refractivity contribution in [3.05, 3.63) is 99.8 Å². The molecule has 0 saturated carbocycles. The minimum atomic E-state index is 0.136. The Morgan fingerprint density at radius 3 is 2.25 bits per heavy atom. The van der Waals surface area contributed by atoms with Crippen LogP contribution in [0.15, 0.2) is 72.9 Å². The molecule has 0 atom stereocenters. The number of rotatable bonds is 4. The summed E-state index contributed by atoms with van der Waals surface area (Å²) in [6.45, 7) is 0.596. The lowest BCUT2D eigenvalue weighted by Gasteiger charge is -2.14. The van der Waals surface area contributed by atoms with Crippen LogP contribution in [0.25, 0.3) is 16.8 Å². The van der Waals surface area contributed by atoms with Gasteiger partial charge in [-0.3, -0.25) is 0 Å². The van der Waals surface area contributed by atoms with Crippen LogP contribution < -0.4 is 5.32 Å². The summed E-state index contributed by atoms with van der Waals surface area (Å²) in [6, 6.07) is 22.5. The van der Waals surface area contributed by atoms with Crippen LogP contribution in [0.1, 0.15) is 22.9 Å². The number of fused-ring (bicyclic) bond motifs is 3. The Hall–Kier alpha value is -2.66. The summed E-state index contributed by atoms with van der Waals surface area (Å²) >= 11 is 12.3. The fourth-order valence-corrected chi connectivity index (χ4v) is 4.24. The van der Waals surface area contributed by atoms with Crippen LogP contribution in [0.2, 0.25) is 10.0 Å². The van der Waals surface area contributed by atoms with Gasteiger partial charge in [-0.15, -0.1) is 5.10 Å². The third-order valence-electron chi connectivity index (χ3n) is 5.02. The highest BCUT2D eigenvalue weighted by molar-refractivity contribution is 6.35. The Kier molecular flexibility index (Phi) is 4.40. The zero-order chi connectivity index (χ0) is 19.1. The number of nitrogens with one attached hydrogen (secondary N) is 1. The van der Waals surface area contributed by atoms with E-state index in [0.717, 1.165) is 11.4 Å². The molecule has 1 aliphatic rings. The Morgan fingerprint density at radius 1 is 0.893 bits per heavy atom. The lowest BCUT2D eigenvalue weighted by Crippen LogP contribution is -2.20. The van der Waals surface area contributed by atoms with Gasteiger partial charge in [-0.2, -0.15) is 0 Å². The molecule has 0 spiro atoms. The number of halogens is 2. The van der Waals surface area contributed by atoms with Crippen LogP contribution in [-0.2, 0) is 6.54 Å². The first-order valence-electron chi connectivity index (χ1n) is 8.99. The van der Waals surface area contributed by atoms with Crippen molar-refractivity contribution in [3.63, 3.8) is 0 Å². The van der Waals surface area contributed by atoms with Gasteiger partial charge in [-0.25, -0.2) is 4.68 Å². The summed E-state index contributed by atoms with van der Waals surface area (Å²) in [4.78, 5) is 0. The molecule has 1 heterocycles. The molecule has 28 heavy (non-hydrogen) atoms. The summed E-state index contributed by atoms with van der Waals surface area (Å²) in [6.07, 6.45) is 1.88. The molecular weight excluding hydrogens is 391 g/mol. The lowest BCUT2D eigenvalue weighted by molar-refractivity contribution is 0.605. The molecule has 6 heteroatoms. The minimum Gasteiger partial charge on any atom is -0.300 e. The quantitative estimate of drug-likeness (QED) is 0.490. The highest BCUT2D eigenvalue weighted by atomic mass is 35.5. The summed E-state index contributed by atoms with van der Waals surface area (Å²) in [5.74, 6) is 0. The van der Waals surface area contributed by atoms with Gasteiger partial charge in [0.1, 0.15) is 0 Å². The van der Waals surface area contributed by atoms with E-state index in [0.29, 0.717) is 16.6 Å². The molecule has 5 rings (SSSR count). The second kappa shape index (κ2) is 7.06. The lowest BCUT2D eigenvalue weighted by atomic mass is 10.1. The minimum absolute atomic E-state index is 0.136. The predicted octanol–water partition coefficient (Wildman–Crippen LogP) is 5.43. The molecule has 0 bridgehead atoms. The van der Waals surface area contributed by atoms with Gasteiger partial charge in [-0.05, 0) is 40.5 Å². The van der Waals surface area contributed by atoms with Crippen molar-refractivity contribution in [2.75, 3.05) is 0 Å². The third kappa shape index (κ3) is 3.00. The molecule has 0 saturated heterocycles. The van der Waals surface area contributed by atoms with Gasteiger partial charge >= 0.3 is 0 Å². The zero-order valence-corrected chi connectivity index (χ0v) is 16.3. The van der Waals surface area contributed by atoms with Crippen LogP contribution in [-0.4, -0.2) is 15.0 Å². The smallest absolute Gasteiger partial charge is 0.0969 e. The summed E-state index contributed by atoms with van der Waals surface area (Å²) in [5, 5.41) is 13.3. The van der Waals surface area contributed by atoms with Crippen molar-refractivity contribution in [3.8, 4) is 16.8 Å². The van der Waals surface area contributed by atoms with E-state index in [1.165, 1.54) is 22.3 Å². The molecule has 1 N–H and O–H groups in total. The Morgan fingerprint density at radius 2 is 1.57 bits per heavy atom. The summed E-state index contributed by atoms with van der Waals surface area (Å²) < 4.78 is 1.67. The van der Waals surface area contributed by atoms with Gasteiger partial charge < -0.3 is 5.32 Å². The van der Waals surface area contributed by atoms with Gasteiger partial charge in [0.15, 0.2) is 0 Å². The molecule has 0 radical (unpaired) electrons. The molecule has 138 valence electrons. The molecule has 0 unspecified atom stereocenters. The molecule has 1 aromatic heterocycles. The monoisotopic (exact) mass is 406 g/mol. The first-order valence-corrected chi connectivity index (χ1v) is 9.74. The second-order valence-electron chi connectivity index (χ2n) is 6.74. The van der Waals surface area contributed by atoms with Crippen molar-refractivity contribution in [1.29, 1.82) is 0 Å². The van der Waals surface area contributed by atoms with Gasteiger partial charge in [-0.1, -0.05) is 76.9 Å². The van der Waals surface area contributed by atoms with E-state index in [4.69, 9.17) is 23.2 Å². The Labute approximate surface area is 172 Å². The van der Waals surface area contributed by atoms with Crippen LogP contribution >= 0.6 is 23.2 Å². The number of benzene rings is 3. The molecule has 4 nitrogen and oxygen atoms in total. The van der Waals surface area contributed by atoms with E-state index in [9.17, 15) is 0 Å². The molecule has 0 aliphatic heterocycles. The average Bonchev–Trinajstić information content (AvgIpc) is 3.29. The maximum Gasteiger partial charge on any atom is 0.0969 e. The van der Waals surface area contributed by atoms with E-state index in [1.54, 1.807) is 16.8 Å². The van der Waals surface area contributed by atoms with Crippen LogP contribution in [0.5, 0.6) is 0 Å². The van der Waals surface area contributed by atoms with Gasteiger partial charge in [0, 0.05) is 11.6 Å². The molecule has 1 aliphatic carbocycles. The van der Waals surface area contributed by atoms with Gasteiger partial charge in [0.05, 0.1) is 28.6 Å². The van der Waals surface area contributed by atoms with E-state index in [2.05, 4.69) is 64.2 Å². The normalized spacial score (nSPS) is 12.8.